The summed E-state index contributed by atoms with van der Waals surface area (Å²) < 4.78 is 1.97. The van der Waals surface area contributed by atoms with Crippen LogP contribution < -0.4 is 5.32 Å². The smallest absolute Gasteiger partial charge is 0.209 e. The fourth-order valence-corrected chi connectivity index (χ4v) is 2.58. The normalized spacial score (nSPS) is 19.7. The molecule has 2 atom stereocenters. The Morgan fingerprint density at radius 1 is 1.50 bits per heavy atom. The topological polar surface area (TPSA) is 55.6 Å². The van der Waals surface area contributed by atoms with Crippen LogP contribution in [0.3, 0.4) is 0 Å². The number of rotatable bonds is 6. The second-order valence-corrected chi connectivity index (χ2v) is 5.65. The SMILES string of the molecule is CCNC(C)C(C)Sc1nnnn1C1CC1. The first-order valence-electron chi connectivity index (χ1n) is 5.90. The largest absolute Gasteiger partial charge is 0.313 e. The van der Waals surface area contributed by atoms with Crippen LogP contribution in [0.5, 0.6) is 0 Å². The highest BCUT2D eigenvalue weighted by Crippen LogP contribution is 2.37. The van der Waals surface area contributed by atoms with Gasteiger partial charge in [-0.15, -0.1) is 5.10 Å². The molecule has 1 heterocycles. The average Bonchev–Trinajstić information content (AvgIpc) is 3.00. The number of tetrazole rings is 1. The molecule has 0 amide bonds. The van der Waals surface area contributed by atoms with Crippen LogP contribution in [-0.4, -0.2) is 38.0 Å². The third-order valence-electron chi connectivity index (χ3n) is 2.88. The Bertz CT molecular complexity index is 336. The summed E-state index contributed by atoms with van der Waals surface area (Å²) in [5.74, 6) is 0. The first-order chi connectivity index (χ1) is 7.72. The molecule has 1 aliphatic rings. The molecule has 0 radical (unpaired) electrons. The number of hydrogen-bond acceptors (Lipinski definition) is 5. The van der Waals surface area contributed by atoms with Crippen molar-refractivity contribution in [2.75, 3.05) is 6.54 Å². The highest BCUT2D eigenvalue weighted by Gasteiger charge is 2.29. The molecule has 1 fully saturated rings. The van der Waals surface area contributed by atoms with E-state index in [-0.39, 0.29) is 0 Å². The van der Waals surface area contributed by atoms with E-state index in [1.165, 1.54) is 12.8 Å². The lowest BCUT2D eigenvalue weighted by Gasteiger charge is -2.19. The minimum Gasteiger partial charge on any atom is -0.313 e. The van der Waals surface area contributed by atoms with Crippen LogP contribution >= 0.6 is 11.8 Å². The number of hydrogen-bond donors (Lipinski definition) is 1. The van der Waals surface area contributed by atoms with Gasteiger partial charge in [0.1, 0.15) is 0 Å². The molecular formula is C10H19N5S. The van der Waals surface area contributed by atoms with E-state index in [1.54, 1.807) is 11.8 Å². The van der Waals surface area contributed by atoms with E-state index in [2.05, 4.69) is 41.6 Å². The Morgan fingerprint density at radius 2 is 2.25 bits per heavy atom. The predicted molar refractivity (Wildman–Crippen MR) is 64.5 cm³/mol. The molecule has 0 bridgehead atoms. The number of nitrogens with one attached hydrogen (secondary N) is 1. The van der Waals surface area contributed by atoms with Crippen molar-refractivity contribution in [2.45, 2.75) is 56.1 Å². The minimum atomic E-state index is 0.472. The maximum Gasteiger partial charge on any atom is 0.209 e. The van der Waals surface area contributed by atoms with Gasteiger partial charge in [-0.05, 0) is 36.7 Å². The molecule has 0 aromatic carbocycles. The van der Waals surface area contributed by atoms with Crippen molar-refractivity contribution in [3.63, 3.8) is 0 Å². The highest BCUT2D eigenvalue weighted by molar-refractivity contribution is 7.99. The van der Waals surface area contributed by atoms with Crippen LogP contribution in [0.15, 0.2) is 5.16 Å². The van der Waals surface area contributed by atoms with E-state index in [0.717, 1.165) is 11.7 Å². The Hall–Kier alpha value is -0.620. The quantitative estimate of drug-likeness (QED) is 0.765. The second-order valence-electron chi connectivity index (χ2n) is 4.31. The number of aromatic nitrogens is 4. The first-order valence-corrected chi connectivity index (χ1v) is 6.78. The zero-order valence-corrected chi connectivity index (χ0v) is 10.9. The lowest BCUT2D eigenvalue weighted by Crippen LogP contribution is -2.33. The van der Waals surface area contributed by atoms with Gasteiger partial charge in [0.05, 0.1) is 6.04 Å². The van der Waals surface area contributed by atoms with Gasteiger partial charge in [0, 0.05) is 11.3 Å². The van der Waals surface area contributed by atoms with Gasteiger partial charge in [-0.3, -0.25) is 0 Å². The average molecular weight is 241 g/mol. The summed E-state index contributed by atoms with van der Waals surface area (Å²) in [5, 5.41) is 16.8. The molecule has 0 saturated heterocycles. The molecular weight excluding hydrogens is 222 g/mol. The molecule has 16 heavy (non-hydrogen) atoms. The summed E-state index contributed by atoms with van der Waals surface area (Å²) in [6, 6.07) is 1.03. The molecule has 6 heteroatoms. The van der Waals surface area contributed by atoms with E-state index in [9.17, 15) is 0 Å². The molecule has 0 spiro atoms. The van der Waals surface area contributed by atoms with Crippen LogP contribution in [0.4, 0.5) is 0 Å². The van der Waals surface area contributed by atoms with Crippen molar-refractivity contribution < 1.29 is 0 Å². The Labute approximate surface area is 100 Å². The molecule has 0 aliphatic heterocycles. The second kappa shape index (κ2) is 5.14. The third-order valence-corrected chi connectivity index (χ3v) is 4.14. The standard InChI is InChI=1S/C10H19N5S/c1-4-11-7(2)8(3)16-10-12-13-14-15(10)9-5-6-9/h7-9,11H,4-6H2,1-3H3. The molecule has 1 aliphatic carbocycles. The van der Waals surface area contributed by atoms with E-state index >= 15 is 0 Å². The predicted octanol–water partition coefficient (Wildman–Crippen LogP) is 1.49. The summed E-state index contributed by atoms with van der Waals surface area (Å²) in [5.41, 5.74) is 0. The molecule has 1 aromatic rings. The first kappa shape index (κ1) is 11.9. The molecule has 5 nitrogen and oxygen atoms in total. The summed E-state index contributed by atoms with van der Waals surface area (Å²) in [7, 11) is 0. The van der Waals surface area contributed by atoms with E-state index in [0.29, 0.717) is 17.3 Å². The van der Waals surface area contributed by atoms with Crippen molar-refractivity contribution in [2.24, 2.45) is 0 Å². The molecule has 1 N–H and O–H groups in total. The van der Waals surface area contributed by atoms with Gasteiger partial charge in [-0.2, -0.15) is 0 Å². The van der Waals surface area contributed by atoms with Gasteiger partial charge in [0.2, 0.25) is 5.16 Å². The van der Waals surface area contributed by atoms with Crippen molar-refractivity contribution in [1.29, 1.82) is 0 Å². The third kappa shape index (κ3) is 2.74. The molecule has 2 unspecified atom stereocenters. The Morgan fingerprint density at radius 3 is 2.88 bits per heavy atom. The summed E-state index contributed by atoms with van der Waals surface area (Å²) in [6.07, 6.45) is 2.44. The van der Waals surface area contributed by atoms with Gasteiger partial charge in [0.25, 0.3) is 0 Å². The van der Waals surface area contributed by atoms with Crippen LogP contribution in [0, 0.1) is 0 Å². The highest BCUT2D eigenvalue weighted by atomic mass is 32.2. The summed E-state index contributed by atoms with van der Waals surface area (Å²) in [6.45, 7) is 7.54. The summed E-state index contributed by atoms with van der Waals surface area (Å²) >= 11 is 1.76. The van der Waals surface area contributed by atoms with Gasteiger partial charge >= 0.3 is 0 Å². The monoisotopic (exact) mass is 241 g/mol. The van der Waals surface area contributed by atoms with E-state index < -0.39 is 0 Å². The molecule has 90 valence electrons. The van der Waals surface area contributed by atoms with E-state index in [4.69, 9.17) is 0 Å². The van der Waals surface area contributed by atoms with Crippen molar-refractivity contribution in [1.82, 2.24) is 25.5 Å². The van der Waals surface area contributed by atoms with Crippen molar-refractivity contribution in [3.05, 3.63) is 0 Å². The van der Waals surface area contributed by atoms with Crippen LogP contribution in [0.25, 0.3) is 0 Å². The van der Waals surface area contributed by atoms with Gasteiger partial charge in [-0.25, -0.2) is 4.68 Å². The fourth-order valence-electron chi connectivity index (χ4n) is 1.57. The lowest BCUT2D eigenvalue weighted by atomic mass is 10.2. The lowest BCUT2D eigenvalue weighted by molar-refractivity contribution is 0.549. The van der Waals surface area contributed by atoms with E-state index in [1.807, 2.05) is 4.68 Å². The van der Waals surface area contributed by atoms with Crippen LogP contribution in [0.2, 0.25) is 0 Å². The van der Waals surface area contributed by atoms with Gasteiger partial charge in [0.15, 0.2) is 0 Å². The summed E-state index contributed by atoms with van der Waals surface area (Å²) in [4.78, 5) is 0. The molecule has 1 saturated carbocycles. The number of thioether (sulfide) groups is 1. The maximum atomic E-state index is 4.10. The van der Waals surface area contributed by atoms with Gasteiger partial charge < -0.3 is 5.32 Å². The van der Waals surface area contributed by atoms with Crippen molar-refractivity contribution in [3.8, 4) is 0 Å². The van der Waals surface area contributed by atoms with Crippen LogP contribution in [0.1, 0.15) is 39.7 Å². The number of nitrogens with zero attached hydrogens (tertiary/aromatic N) is 4. The van der Waals surface area contributed by atoms with Crippen molar-refractivity contribution >= 4 is 11.8 Å². The van der Waals surface area contributed by atoms with Crippen LogP contribution in [-0.2, 0) is 0 Å². The molecule has 1 aromatic heterocycles. The Balaban J connectivity index is 1.94. The minimum absolute atomic E-state index is 0.472. The zero-order chi connectivity index (χ0) is 11.5. The maximum absolute atomic E-state index is 4.10. The fraction of sp³-hybridized carbons (Fsp3) is 0.900. The van der Waals surface area contributed by atoms with Gasteiger partial charge in [-0.1, -0.05) is 25.6 Å². The molecule has 2 rings (SSSR count). The Kier molecular flexibility index (Phi) is 3.81. The zero-order valence-electron chi connectivity index (χ0n) is 10.1.